The van der Waals surface area contributed by atoms with E-state index in [1.165, 1.54) is 13.0 Å². The molecule has 20 heavy (non-hydrogen) atoms. The molecule has 2 aromatic carbocycles. The molecule has 0 bridgehead atoms. The Morgan fingerprint density at radius 3 is 2.50 bits per heavy atom. The first-order valence-electron chi connectivity index (χ1n) is 5.64. The van der Waals surface area contributed by atoms with E-state index < -0.39 is 15.8 Å². The predicted molar refractivity (Wildman–Crippen MR) is 80.5 cm³/mol. The topological polar surface area (TPSA) is 72.2 Å². The largest absolute Gasteiger partial charge is 0.396 e. The Morgan fingerprint density at radius 1 is 1.25 bits per heavy atom. The minimum Gasteiger partial charge on any atom is -0.396 e. The number of para-hydroxylation sites is 1. The average molecular weight is 359 g/mol. The van der Waals surface area contributed by atoms with Crippen LogP contribution in [0.15, 0.2) is 45.8 Å². The van der Waals surface area contributed by atoms with Crippen molar-refractivity contribution in [3.8, 4) is 0 Å². The summed E-state index contributed by atoms with van der Waals surface area (Å²) in [6.07, 6.45) is 0. The van der Waals surface area contributed by atoms with Crippen molar-refractivity contribution in [3.63, 3.8) is 0 Å². The molecule has 106 valence electrons. The molecule has 4 nitrogen and oxygen atoms in total. The van der Waals surface area contributed by atoms with Gasteiger partial charge in [0.25, 0.3) is 10.0 Å². The maximum atomic E-state index is 13.4. The molecule has 0 aliphatic heterocycles. The Labute approximate surface area is 125 Å². The van der Waals surface area contributed by atoms with E-state index >= 15 is 0 Å². The van der Waals surface area contributed by atoms with Crippen molar-refractivity contribution in [1.82, 2.24) is 0 Å². The number of rotatable bonds is 3. The Kier molecular flexibility index (Phi) is 4.01. The summed E-state index contributed by atoms with van der Waals surface area (Å²) in [5.74, 6) is -0.607. The first kappa shape index (κ1) is 14.8. The Hall–Kier alpha value is -1.60. The Balaban J connectivity index is 2.44. The third-order valence-corrected chi connectivity index (χ3v) is 4.72. The van der Waals surface area contributed by atoms with Crippen LogP contribution in [0.1, 0.15) is 5.56 Å². The van der Waals surface area contributed by atoms with E-state index in [0.717, 1.165) is 6.07 Å². The minimum atomic E-state index is -3.82. The lowest BCUT2D eigenvalue weighted by atomic mass is 10.2. The predicted octanol–water partition coefficient (Wildman–Crippen LogP) is 3.28. The molecule has 0 radical (unpaired) electrons. The highest BCUT2D eigenvalue weighted by Crippen LogP contribution is 2.26. The molecule has 0 unspecified atom stereocenters. The van der Waals surface area contributed by atoms with Crippen molar-refractivity contribution in [2.75, 3.05) is 10.5 Å². The van der Waals surface area contributed by atoms with Gasteiger partial charge in [-0.1, -0.05) is 12.1 Å². The van der Waals surface area contributed by atoms with Gasteiger partial charge < -0.3 is 5.73 Å². The maximum Gasteiger partial charge on any atom is 0.262 e. The van der Waals surface area contributed by atoms with Gasteiger partial charge in [0.05, 0.1) is 16.3 Å². The lowest BCUT2D eigenvalue weighted by Crippen LogP contribution is -2.14. The van der Waals surface area contributed by atoms with Gasteiger partial charge >= 0.3 is 0 Å². The van der Waals surface area contributed by atoms with Crippen molar-refractivity contribution in [3.05, 3.63) is 52.3 Å². The Bertz CT molecular complexity index is 740. The van der Waals surface area contributed by atoms with Crippen LogP contribution in [-0.4, -0.2) is 8.42 Å². The van der Waals surface area contributed by atoms with Crippen LogP contribution in [0.5, 0.6) is 0 Å². The fourth-order valence-corrected chi connectivity index (χ4v) is 3.38. The van der Waals surface area contributed by atoms with E-state index in [1.807, 2.05) is 0 Å². The fourth-order valence-electron chi connectivity index (χ4n) is 1.67. The van der Waals surface area contributed by atoms with Crippen molar-refractivity contribution < 1.29 is 12.8 Å². The van der Waals surface area contributed by atoms with Crippen LogP contribution in [0.3, 0.4) is 0 Å². The van der Waals surface area contributed by atoms with Crippen molar-refractivity contribution >= 4 is 37.3 Å². The number of aryl methyl sites for hydroxylation is 1. The zero-order chi connectivity index (χ0) is 14.9. The smallest absolute Gasteiger partial charge is 0.262 e. The van der Waals surface area contributed by atoms with Crippen LogP contribution in [-0.2, 0) is 10.0 Å². The van der Waals surface area contributed by atoms with Crippen LogP contribution in [0.25, 0.3) is 0 Å². The van der Waals surface area contributed by atoms with Crippen LogP contribution in [0.2, 0.25) is 0 Å². The molecule has 2 rings (SSSR count). The average Bonchev–Trinajstić information content (AvgIpc) is 2.38. The number of sulfonamides is 1. The molecule has 0 aliphatic rings. The molecule has 0 atom stereocenters. The normalized spacial score (nSPS) is 11.3. The molecule has 0 spiro atoms. The highest BCUT2D eigenvalue weighted by Gasteiger charge is 2.18. The molecule has 0 saturated carbocycles. The molecule has 0 fully saturated rings. The van der Waals surface area contributed by atoms with Gasteiger partial charge in [-0.15, -0.1) is 0 Å². The van der Waals surface area contributed by atoms with Gasteiger partial charge in [0.1, 0.15) is 5.82 Å². The summed E-state index contributed by atoms with van der Waals surface area (Å²) in [5, 5.41) is 0. The second-order valence-corrected chi connectivity index (χ2v) is 6.77. The first-order valence-corrected chi connectivity index (χ1v) is 7.92. The van der Waals surface area contributed by atoms with Gasteiger partial charge in [-0.25, -0.2) is 12.8 Å². The monoisotopic (exact) mass is 358 g/mol. The van der Waals surface area contributed by atoms with Gasteiger partial charge in [-0.05, 0) is 52.7 Å². The quantitative estimate of drug-likeness (QED) is 0.827. The standard InChI is InChI=1S/C13H12BrFN2O2S/c1-8-6-9(7-11(16)13(8)15)20(18,19)17-12-5-3-2-4-10(12)14/h2-7,17H,16H2,1H3. The molecule has 7 heteroatoms. The van der Waals surface area contributed by atoms with Gasteiger partial charge in [-0.3, -0.25) is 4.72 Å². The van der Waals surface area contributed by atoms with Crippen LogP contribution in [0, 0.1) is 12.7 Å². The number of nitrogens with two attached hydrogens (primary N) is 1. The number of hydrogen-bond donors (Lipinski definition) is 2. The molecule has 0 amide bonds. The molecular weight excluding hydrogens is 347 g/mol. The number of nitrogens with one attached hydrogen (secondary N) is 1. The third kappa shape index (κ3) is 2.94. The zero-order valence-electron chi connectivity index (χ0n) is 10.5. The minimum absolute atomic E-state index is 0.0790. The van der Waals surface area contributed by atoms with Crippen LogP contribution >= 0.6 is 15.9 Å². The van der Waals surface area contributed by atoms with Gasteiger partial charge in [-0.2, -0.15) is 0 Å². The molecule has 3 N–H and O–H groups in total. The van der Waals surface area contributed by atoms with E-state index in [9.17, 15) is 12.8 Å². The van der Waals surface area contributed by atoms with Crippen molar-refractivity contribution in [2.45, 2.75) is 11.8 Å². The SMILES string of the molecule is Cc1cc(S(=O)(=O)Nc2ccccc2Br)cc(N)c1F. The number of hydrogen-bond acceptors (Lipinski definition) is 3. The summed E-state index contributed by atoms with van der Waals surface area (Å²) < 4.78 is 41.0. The van der Waals surface area contributed by atoms with Crippen LogP contribution < -0.4 is 10.5 Å². The summed E-state index contributed by atoms with van der Waals surface area (Å²) in [6, 6.07) is 9.13. The van der Waals surface area contributed by atoms with Gasteiger partial charge in [0, 0.05) is 4.47 Å². The molecular formula is C13H12BrFN2O2S. The number of halogens is 2. The molecule has 0 saturated heterocycles. The zero-order valence-corrected chi connectivity index (χ0v) is 12.9. The lowest BCUT2D eigenvalue weighted by molar-refractivity contribution is 0.599. The summed E-state index contributed by atoms with van der Waals surface area (Å²) in [6.45, 7) is 1.46. The number of nitrogen functional groups attached to an aromatic ring is 1. The number of anilines is 2. The third-order valence-electron chi connectivity index (χ3n) is 2.68. The highest BCUT2D eigenvalue weighted by atomic mass is 79.9. The van der Waals surface area contributed by atoms with E-state index in [4.69, 9.17) is 5.73 Å². The van der Waals surface area contributed by atoms with E-state index in [1.54, 1.807) is 24.3 Å². The summed E-state index contributed by atoms with van der Waals surface area (Å²) in [7, 11) is -3.82. The molecule has 0 heterocycles. The van der Waals surface area contributed by atoms with Crippen molar-refractivity contribution in [1.29, 1.82) is 0 Å². The van der Waals surface area contributed by atoms with E-state index in [-0.39, 0.29) is 16.1 Å². The summed E-state index contributed by atoms with van der Waals surface area (Å²) in [4.78, 5) is -0.0790. The summed E-state index contributed by atoms with van der Waals surface area (Å²) >= 11 is 3.25. The van der Waals surface area contributed by atoms with E-state index in [2.05, 4.69) is 20.7 Å². The maximum absolute atomic E-state index is 13.4. The fraction of sp³-hybridized carbons (Fsp3) is 0.0769. The highest BCUT2D eigenvalue weighted by molar-refractivity contribution is 9.10. The number of benzene rings is 2. The van der Waals surface area contributed by atoms with Crippen molar-refractivity contribution in [2.24, 2.45) is 0 Å². The second-order valence-electron chi connectivity index (χ2n) is 4.23. The molecule has 2 aromatic rings. The van der Waals surface area contributed by atoms with Gasteiger partial charge in [0.15, 0.2) is 0 Å². The molecule has 0 aromatic heterocycles. The summed E-state index contributed by atoms with van der Waals surface area (Å²) in [5.41, 5.74) is 5.84. The molecule has 0 aliphatic carbocycles. The van der Waals surface area contributed by atoms with Crippen LogP contribution in [0.4, 0.5) is 15.8 Å². The van der Waals surface area contributed by atoms with Gasteiger partial charge in [0.2, 0.25) is 0 Å². The Morgan fingerprint density at radius 2 is 1.90 bits per heavy atom. The first-order chi connectivity index (χ1) is 9.31. The second kappa shape index (κ2) is 5.41. The van der Waals surface area contributed by atoms with E-state index in [0.29, 0.717) is 10.2 Å². The lowest BCUT2D eigenvalue weighted by Gasteiger charge is -2.11.